The molecule has 0 saturated carbocycles. The van der Waals surface area contributed by atoms with Gasteiger partial charge in [-0.25, -0.2) is 0 Å². The second-order valence-electron chi connectivity index (χ2n) is 7.42. The van der Waals surface area contributed by atoms with Crippen LogP contribution in [-0.4, -0.2) is 12.1 Å². The summed E-state index contributed by atoms with van der Waals surface area (Å²) in [6.45, 7) is 8.37. The number of rotatable bonds is 16. The van der Waals surface area contributed by atoms with E-state index in [0.717, 1.165) is 19.3 Å². The highest BCUT2D eigenvalue weighted by atomic mass is 16.5. The van der Waals surface area contributed by atoms with Crippen molar-refractivity contribution in [3.63, 3.8) is 0 Å². The van der Waals surface area contributed by atoms with E-state index in [1.54, 1.807) is 0 Å². The van der Waals surface area contributed by atoms with E-state index in [9.17, 15) is 4.79 Å². The second kappa shape index (κ2) is 17.8. The Morgan fingerprint density at radius 2 is 1.36 bits per heavy atom. The van der Waals surface area contributed by atoms with E-state index in [1.165, 1.54) is 51.4 Å². The van der Waals surface area contributed by atoms with Crippen molar-refractivity contribution in [2.45, 2.75) is 111 Å². The molecule has 0 aliphatic rings. The Kier molecular flexibility index (Phi) is 17.0. The number of esters is 1. The van der Waals surface area contributed by atoms with Gasteiger partial charge in [0.2, 0.25) is 0 Å². The smallest absolute Gasteiger partial charge is 0.306 e. The fourth-order valence-corrected chi connectivity index (χ4v) is 2.48. The molecule has 0 aromatic heterocycles. The Morgan fingerprint density at radius 1 is 0.800 bits per heavy atom. The third-order valence-electron chi connectivity index (χ3n) is 4.59. The molecule has 0 aliphatic heterocycles. The lowest BCUT2D eigenvalue weighted by Gasteiger charge is -2.16. The number of carbonyl (C=O) groups is 1. The third-order valence-corrected chi connectivity index (χ3v) is 4.59. The number of unbranched alkanes of at least 4 members (excludes halogenated alkanes) is 8. The Morgan fingerprint density at radius 3 is 1.96 bits per heavy atom. The Balaban J connectivity index is 3.35. The van der Waals surface area contributed by atoms with Crippen molar-refractivity contribution in [3.05, 3.63) is 24.3 Å². The van der Waals surface area contributed by atoms with E-state index in [1.807, 2.05) is 6.92 Å². The normalized spacial score (nSPS) is 13.2. The first-order valence-corrected chi connectivity index (χ1v) is 10.6. The summed E-state index contributed by atoms with van der Waals surface area (Å²) >= 11 is 0. The average Bonchev–Trinajstić information content (AvgIpc) is 2.58. The van der Waals surface area contributed by atoms with Gasteiger partial charge in [-0.1, -0.05) is 77.2 Å². The van der Waals surface area contributed by atoms with Gasteiger partial charge in [0.15, 0.2) is 0 Å². The maximum atomic E-state index is 11.7. The topological polar surface area (TPSA) is 26.3 Å². The summed E-state index contributed by atoms with van der Waals surface area (Å²) in [5.74, 6) is 0.362. The van der Waals surface area contributed by atoms with Crippen LogP contribution < -0.4 is 0 Å². The first kappa shape index (κ1) is 23.9. The van der Waals surface area contributed by atoms with Gasteiger partial charge < -0.3 is 4.74 Å². The maximum Gasteiger partial charge on any atom is 0.306 e. The van der Waals surface area contributed by atoms with E-state index >= 15 is 0 Å². The van der Waals surface area contributed by atoms with Gasteiger partial charge in [0.25, 0.3) is 0 Å². The Bertz CT molecular complexity index is 355. The molecule has 2 nitrogen and oxygen atoms in total. The summed E-state index contributed by atoms with van der Waals surface area (Å²) in [7, 11) is 0. The summed E-state index contributed by atoms with van der Waals surface area (Å²) < 4.78 is 5.38. The van der Waals surface area contributed by atoms with Gasteiger partial charge in [0.05, 0.1) is 0 Å². The zero-order valence-corrected chi connectivity index (χ0v) is 17.3. The van der Waals surface area contributed by atoms with Crippen molar-refractivity contribution in [2.24, 2.45) is 5.92 Å². The molecule has 0 saturated heterocycles. The highest BCUT2D eigenvalue weighted by Crippen LogP contribution is 2.11. The molecular formula is C23H42O2. The SMILES string of the molecule is CCCCC/C=C\C/C=C\CCCCCCCC(=O)OC(C)C(C)C. The van der Waals surface area contributed by atoms with Crippen LogP contribution in [0.4, 0.5) is 0 Å². The molecular weight excluding hydrogens is 308 g/mol. The van der Waals surface area contributed by atoms with E-state index in [2.05, 4.69) is 45.1 Å². The summed E-state index contributed by atoms with van der Waals surface area (Å²) in [6, 6.07) is 0. The summed E-state index contributed by atoms with van der Waals surface area (Å²) in [6.07, 6.45) is 23.1. The number of hydrogen-bond acceptors (Lipinski definition) is 2. The zero-order chi connectivity index (χ0) is 18.8. The fraction of sp³-hybridized carbons (Fsp3) is 0.783. The van der Waals surface area contributed by atoms with Crippen LogP contribution in [0.2, 0.25) is 0 Å². The highest BCUT2D eigenvalue weighted by Gasteiger charge is 2.12. The van der Waals surface area contributed by atoms with Crippen molar-refractivity contribution < 1.29 is 9.53 Å². The molecule has 25 heavy (non-hydrogen) atoms. The fourth-order valence-electron chi connectivity index (χ4n) is 2.48. The van der Waals surface area contributed by atoms with Crippen LogP contribution in [0.1, 0.15) is 105 Å². The number of carbonyl (C=O) groups excluding carboxylic acids is 1. The largest absolute Gasteiger partial charge is 0.462 e. The molecule has 0 fully saturated rings. The van der Waals surface area contributed by atoms with Crippen LogP contribution >= 0.6 is 0 Å². The van der Waals surface area contributed by atoms with E-state index in [4.69, 9.17) is 4.74 Å². The number of allylic oxidation sites excluding steroid dienone is 4. The molecule has 0 amide bonds. The molecule has 0 rings (SSSR count). The van der Waals surface area contributed by atoms with E-state index in [-0.39, 0.29) is 12.1 Å². The molecule has 0 heterocycles. The molecule has 1 unspecified atom stereocenters. The van der Waals surface area contributed by atoms with Crippen LogP contribution in [0.25, 0.3) is 0 Å². The van der Waals surface area contributed by atoms with E-state index < -0.39 is 0 Å². The van der Waals surface area contributed by atoms with E-state index in [0.29, 0.717) is 12.3 Å². The van der Waals surface area contributed by atoms with Gasteiger partial charge in [-0.2, -0.15) is 0 Å². The van der Waals surface area contributed by atoms with Crippen molar-refractivity contribution in [2.75, 3.05) is 0 Å². The molecule has 0 aromatic rings. The van der Waals surface area contributed by atoms with Gasteiger partial charge in [0.1, 0.15) is 6.10 Å². The number of ether oxygens (including phenoxy) is 1. The second-order valence-corrected chi connectivity index (χ2v) is 7.42. The number of hydrogen-bond donors (Lipinski definition) is 0. The molecule has 0 aliphatic carbocycles. The molecule has 0 bridgehead atoms. The first-order valence-electron chi connectivity index (χ1n) is 10.6. The van der Waals surface area contributed by atoms with Crippen LogP contribution in [0.5, 0.6) is 0 Å². The lowest BCUT2D eigenvalue weighted by atomic mass is 10.1. The molecule has 0 N–H and O–H groups in total. The van der Waals surface area contributed by atoms with Gasteiger partial charge in [0, 0.05) is 6.42 Å². The lowest BCUT2D eigenvalue weighted by molar-refractivity contribution is -0.150. The first-order chi connectivity index (χ1) is 12.1. The predicted molar refractivity (Wildman–Crippen MR) is 110 cm³/mol. The standard InChI is InChI=1S/C23H42O2/c1-5-6-7-8-9-10-11-12-13-14-15-16-17-18-19-20-23(24)25-22(4)21(2)3/h9-10,12-13,21-22H,5-8,11,14-20H2,1-4H3/b10-9-,13-12-. The monoisotopic (exact) mass is 350 g/mol. The Hall–Kier alpha value is -1.05. The lowest BCUT2D eigenvalue weighted by Crippen LogP contribution is -2.19. The van der Waals surface area contributed by atoms with Crippen LogP contribution in [0.3, 0.4) is 0 Å². The molecule has 146 valence electrons. The summed E-state index contributed by atoms with van der Waals surface area (Å²) in [4.78, 5) is 11.7. The minimum absolute atomic E-state index is 0.0328. The van der Waals surface area contributed by atoms with Crippen molar-refractivity contribution in [3.8, 4) is 0 Å². The predicted octanol–water partition coefficient (Wildman–Crippen LogP) is 7.39. The highest BCUT2D eigenvalue weighted by molar-refractivity contribution is 5.69. The van der Waals surface area contributed by atoms with Crippen LogP contribution in [0, 0.1) is 5.92 Å². The summed E-state index contributed by atoms with van der Waals surface area (Å²) in [5.41, 5.74) is 0. The molecule has 0 aromatic carbocycles. The van der Waals surface area contributed by atoms with Crippen LogP contribution in [-0.2, 0) is 9.53 Å². The van der Waals surface area contributed by atoms with Gasteiger partial charge in [-0.05, 0) is 51.4 Å². The van der Waals surface area contributed by atoms with Gasteiger partial charge in [-0.15, -0.1) is 0 Å². The Labute approximate surface area is 157 Å². The summed E-state index contributed by atoms with van der Waals surface area (Å²) in [5, 5.41) is 0. The van der Waals surface area contributed by atoms with Gasteiger partial charge in [-0.3, -0.25) is 4.79 Å². The van der Waals surface area contributed by atoms with Crippen molar-refractivity contribution >= 4 is 5.97 Å². The van der Waals surface area contributed by atoms with Crippen LogP contribution in [0.15, 0.2) is 24.3 Å². The van der Waals surface area contributed by atoms with Crippen molar-refractivity contribution in [1.82, 2.24) is 0 Å². The molecule has 1 atom stereocenters. The van der Waals surface area contributed by atoms with Gasteiger partial charge >= 0.3 is 5.97 Å². The maximum absolute atomic E-state index is 11.7. The minimum Gasteiger partial charge on any atom is -0.462 e. The minimum atomic E-state index is -0.0353. The average molecular weight is 351 g/mol. The molecule has 2 heteroatoms. The van der Waals surface area contributed by atoms with Crippen molar-refractivity contribution in [1.29, 1.82) is 0 Å². The third kappa shape index (κ3) is 17.6. The molecule has 0 radical (unpaired) electrons. The zero-order valence-electron chi connectivity index (χ0n) is 17.3. The molecule has 0 spiro atoms. The quantitative estimate of drug-likeness (QED) is 0.165.